The van der Waals surface area contributed by atoms with Crippen LogP contribution in [0.25, 0.3) is 11.1 Å². The first-order valence-corrected chi connectivity index (χ1v) is 4.99. The molecule has 0 aliphatic carbocycles. The lowest BCUT2D eigenvalue weighted by Gasteiger charge is -2.03. The molecular formula is C13H9ClO. The zero-order valence-electron chi connectivity index (χ0n) is 7.98. The molecule has 0 aliphatic heterocycles. The van der Waals surface area contributed by atoms with Crippen molar-refractivity contribution in [2.24, 2.45) is 0 Å². The van der Waals surface area contributed by atoms with Crippen LogP contribution in [-0.2, 0) is 0 Å². The van der Waals surface area contributed by atoms with Gasteiger partial charge in [0.25, 0.3) is 0 Å². The average molecular weight is 217 g/mol. The van der Waals surface area contributed by atoms with Gasteiger partial charge in [-0.15, -0.1) is 0 Å². The largest absolute Gasteiger partial charge is 0.298 e. The molecule has 15 heavy (non-hydrogen) atoms. The third-order valence-electron chi connectivity index (χ3n) is 2.23. The fourth-order valence-corrected chi connectivity index (χ4v) is 1.68. The van der Waals surface area contributed by atoms with Crippen LogP contribution in [0.15, 0.2) is 48.5 Å². The van der Waals surface area contributed by atoms with Gasteiger partial charge in [0.2, 0.25) is 0 Å². The summed E-state index contributed by atoms with van der Waals surface area (Å²) >= 11 is 6.06. The summed E-state index contributed by atoms with van der Waals surface area (Å²) in [6.07, 6.45) is 0.830. The number of benzene rings is 2. The third kappa shape index (κ3) is 2.08. The fraction of sp³-hybridized carbons (Fsp3) is 0. The Morgan fingerprint density at radius 2 is 1.60 bits per heavy atom. The lowest BCUT2D eigenvalue weighted by molar-refractivity contribution is 0.112. The molecule has 0 unspecified atom stereocenters. The second kappa shape index (κ2) is 4.28. The minimum atomic E-state index is 0.672. The zero-order valence-corrected chi connectivity index (χ0v) is 8.74. The van der Waals surface area contributed by atoms with E-state index in [1.54, 1.807) is 12.1 Å². The summed E-state index contributed by atoms with van der Waals surface area (Å²) < 4.78 is 0. The minimum absolute atomic E-state index is 0.672. The maximum Gasteiger partial charge on any atom is 0.150 e. The predicted octanol–water partition coefficient (Wildman–Crippen LogP) is 3.82. The lowest BCUT2D eigenvalue weighted by atomic mass is 10.0. The van der Waals surface area contributed by atoms with Crippen molar-refractivity contribution >= 4 is 17.9 Å². The van der Waals surface area contributed by atoms with Crippen LogP contribution in [0, 0.1) is 0 Å². The fourth-order valence-electron chi connectivity index (χ4n) is 1.44. The maximum atomic E-state index is 10.5. The van der Waals surface area contributed by atoms with Crippen LogP contribution >= 0.6 is 11.6 Å². The number of rotatable bonds is 2. The molecule has 1 nitrogen and oxygen atoms in total. The molecule has 0 spiro atoms. The van der Waals surface area contributed by atoms with Crippen LogP contribution in [0.5, 0.6) is 0 Å². The second-order valence-electron chi connectivity index (χ2n) is 3.22. The van der Waals surface area contributed by atoms with Crippen molar-refractivity contribution in [1.82, 2.24) is 0 Å². The van der Waals surface area contributed by atoms with Gasteiger partial charge in [0.05, 0.1) is 0 Å². The van der Waals surface area contributed by atoms with Crippen molar-refractivity contribution in [3.8, 4) is 11.1 Å². The number of carbonyl (C=O) groups excluding carboxylic acids is 1. The molecule has 0 saturated heterocycles. The van der Waals surface area contributed by atoms with E-state index in [9.17, 15) is 4.79 Å². The molecule has 74 valence electrons. The number of hydrogen-bond donors (Lipinski definition) is 0. The number of halogens is 1. The summed E-state index contributed by atoms with van der Waals surface area (Å²) in [6.45, 7) is 0. The quantitative estimate of drug-likeness (QED) is 0.698. The van der Waals surface area contributed by atoms with E-state index in [1.807, 2.05) is 36.4 Å². The Bertz CT molecular complexity index is 474. The van der Waals surface area contributed by atoms with Gasteiger partial charge in [-0.1, -0.05) is 54.1 Å². The first-order valence-electron chi connectivity index (χ1n) is 4.61. The van der Waals surface area contributed by atoms with Gasteiger partial charge in [0.15, 0.2) is 0 Å². The molecular weight excluding hydrogens is 208 g/mol. The predicted molar refractivity (Wildman–Crippen MR) is 62.3 cm³/mol. The molecule has 0 bridgehead atoms. The van der Waals surface area contributed by atoms with Crippen molar-refractivity contribution in [3.05, 3.63) is 59.1 Å². The van der Waals surface area contributed by atoms with Gasteiger partial charge in [0.1, 0.15) is 6.29 Å². The van der Waals surface area contributed by atoms with Crippen LogP contribution in [0.3, 0.4) is 0 Å². The van der Waals surface area contributed by atoms with E-state index in [0.29, 0.717) is 5.56 Å². The molecule has 2 aromatic rings. The first-order chi connectivity index (χ1) is 7.31. The number of aldehydes is 1. The summed E-state index contributed by atoms with van der Waals surface area (Å²) in [5, 5.41) is 0.719. The summed E-state index contributed by atoms with van der Waals surface area (Å²) in [4.78, 5) is 10.5. The normalized spacial score (nSPS) is 9.93. The summed E-state index contributed by atoms with van der Waals surface area (Å²) in [6, 6.07) is 15.0. The zero-order chi connectivity index (χ0) is 10.7. The van der Waals surface area contributed by atoms with Crippen molar-refractivity contribution in [2.75, 3.05) is 0 Å². The minimum Gasteiger partial charge on any atom is -0.298 e. The van der Waals surface area contributed by atoms with E-state index in [1.165, 1.54) is 0 Å². The number of hydrogen-bond acceptors (Lipinski definition) is 1. The Kier molecular flexibility index (Phi) is 2.84. The molecule has 0 heterocycles. The van der Waals surface area contributed by atoms with E-state index in [2.05, 4.69) is 0 Å². The van der Waals surface area contributed by atoms with Crippen LogP contribution in [0.4, 0.5) is 0 Å². The average Bonchev–Trinajstić information content (AvgIpc) is 2.30. The van der Waals surface area contributed by atoms with Gasteiger partial charge >= 0.3 is 0 Å². The van der Waals surface area contributed by atoms with E-state index in [-0.39, 0.29) is 0 Å². The van der Waals surface area contributed by atoms with Gasteiger partial charge < -0.3 is 0 Å². The lowest BCUT2D eigenvalue weighted by Crippen LogP contribution is -1.81. The van der Waals surface area contributed by atoms with Crippen LogP contribution in [-0.4, -0.2) is 6.29 Å². The van der Waals surface area contributed by atoms with Crippen molar-refractivity contribution in [1.29, 1.82) is 0 Å². The van der Waals surface area contributed by atoms with Crippen LogP contribution in [0.2, 0.25) is 5.02 Å². The SMILES string of the molecule is O=Cc1ccc(-c2ccccc2Cl)cc1. The first kappa shape index (κ1) is 9.94. The topological polar surface area (TPSA) is 17.1 Å². The molecule has 0 N–H and O–H groups in total. The molecule has 0 aromatic heterocycles. The highest BCUT2D eigenvalue weighted by atomic mass is 35.5. The molecule has 0 amide bonds. The highest BCUT2D eigenvalue weighted by molar-refractivity contribution is 6.33. The molecule has 0 atom stereocenters. The van der Waals surface area contributed by atoms with E-state index >= 15 is 0 Å². The van der Waals surface area contributed by atoms with Gasteiger partial charge in [-0.3, -0.25) is 4.79 Å². The van der Waals surface area contributed by atoms with Gasteiger partial charge in [-0.2, -0.15) is 0 Å². The van der Waals surface area contributed by atoms with Gasteiger partial charge in [-0.05, 0) is 11.6 Å². The molecule has 2 aromatic carbocycles. The highest BCUT2D eigenvalue weighted by Gasteiger charge is 2.01. The second-order valence-corrected chi connectivity index (χ2v) is 3.63. The monoisotopic (exact) mass is 216 g/mol. The summed E-state index contributed by atoms with van der Waals surface area (Å²) in [7, 11) is 0. The summed E-state index contributed by atoms with van der Waals surface area (Å²) in [5.41, 5.74) is 2.67. The van der Waals surface area contributed by atoms with E-state index in [4.69, 9.17) is 11.6 Å². The van der Waals surface area contributed by atoms with Crippen LogP contribution in [0.1, 0.15) is 10.4 Å². The van der Waals surface area contributed by atoms with Crippen molar-refractivity contribution < 1.29 is 4.79 Å². The standard InChI is InChI=1S/C13H9ClO/c14-13-4-2-1-3-12(13)11-7-5-10(9-15)6-8-11/h1-9H. The Morgan fingerprint density at radius 3 is 2.20 bits per heavy atom. The molecule has 2 heteroatoms. The van der Waals surface area contributed by atoms with E-state index in [0.717, 1.165) is 22.4 Å². The smallest absolute Gasteiger partial charge is 0.150 e. The molecule has 0 fully saturated rings. The van der Waals surface area contributed by atoms with E-state index < -0.39 is 0 Å². The highest BCUT2D eigenvalue weighted by Crippen LogP contribution is 2.27. The molecule has 0 saturated carbocycles. The Morgan fingerprint density at radius 1 is 0.933 bits per heavy atom. The Hall–Kier alpha value is -1.60. The van der Waals surface area contributed by atoms with Crippen molar-refractivity contribution in [2.45, 2.75) is 0 Å². The van der Waals surface area contributed by atoms with Gasteiger partial charge in [-0.25, -0.2) is 0 Å². The Labute approximate surface area is 93.3 Å². The summed E-state index contributed by atoms with van der Waals surface area (Å²) in [5.74, 6) is 0. The number of carbonyl (C=O) groups is 1. The van der Waals surface area contributed by atoms with Crippen LogP contribution < -0.4 is 0 Å². The van der Waals surface area contributed by atoms with Gasteiger partial charge in [0, 0.05) is 16.1 Å². The maximum absolute atomic E-state index is 10.5. The molecule has 0 aliphatic rings. The van der Waals surface area contributed by atoms with Crippen molar-refractivity contribution in [3.63, 3.8) is 0 Å². The Balaban J connectivity index is 2.46. The molecule has 2 rings (SSSR count). The molecule has 0 radical (unpaired) electrons. The third-order valence-corrected chi connectivity index (χ3v) is 2.56.